The van der Waals surface area contributed by atoms with Crippen molar-refractivity contribution in [2.45, 2.75) is 54.4 Å². The van der Waals surface area contributed by atoms with Crippen molar-refractivity contribution >= 4 is 23.1 Å². The molecule has 0 saturated carbocycles. The van der Waals surface area contributed by atoms with Crippen LogP contribution in [-0.2, 0) is 42.9 Å². The standard InChI is InChI=1S/2C5H8O3.2C3H7.O.Ti/c2*1-4(7)2-5(8)3-6;2*1-3-2;;/h2*6H,2-3H2,1H3;2*3H,1-2H3;;/q;;2*-1;;+2. The van der Waals surface area contributed by atoms with Gasteiger partial charge in [0.05, 0.1) is 12.8 Å². The Balaban J connectivity index is -0.0000000704. The zero-order chi connectivity index (χ0) is 20.6. The van der Waals surface area contributed by atoms with Gasteiger partial charge in [0.25, 0.3) is 0 Å². The van der Waals surface area contributed by atoms with E-state index in [2.05, 4.69) is 0 Å². The molecule has 2 N–H and O–H groups in total. The first-order chi connectivity index (χ1) is 11.2. The Bertz CT molecular complexity index is 288. The van der Waals surface area contributed by atoms with Crippen LogP contribution in [0.25, 0.3) is 0 Å². The molecular weight excluding hydrogens is 352 g/mol. The normalized spacial score (nSPS) is 7.58. The summed E-state index contributed by atoms with van der Waals surface area (Å²) in [4.78, 5) is 40.5. The summed E-state index contributed by atoms with van der Waals surface area (Å²) in [6.07, 6.45) is 3.72. The first-order valence-electron chi connectivity index (χ1n) is 7.08. The van der Waals surface area contributed by atoms with Gasteiger partial charge in [-0.05, 0) is 13.8 Å². The second-order valence-electron chi connectivity index (χ2n) is 4.31. The van der Waals surface area contributed by atoms with Gasteiger partial charge in [0.2, 0.25) is 0 Å². The van der Waals surface area contributed by atoms with E-state index in [0.717, 1.165) is 20.4 Å². The van der Waals surface area contributed by atoms with Gasteiger partial charge in [-0.2, -0.15) is 27.7 Å². The number of hydrogen-bond donors (Lipinski definition) is 2. The predicted molar refractivity (Wildman–Crippen MR) is 86.8 cm³/mol. The van der Waals surface area contributed by atoms with Crippen LogP contribution < -0.4 is 0 Å². The molecule has 0 saturated heterocycles. The molecule has 0 bridgehead atoms. The molecule has 0 unspecified atom stereocenters. The monoisotopic (exact) mass is 382 g/mol. The minimum absolute atomic E-state index is 0.142. The van der Waals surface area contributed by atoms with E-state index in [4.69, 9.17) is 13.5 Å². The maximum absolute atomic E-state index is 10.2. The van der Waals surface area contributed by atoms with Crippen molar-refractivity contribution in [3.05, 3.63) is 12.8 Å². The molecule has 0 aromatic carbocycles. The van der Waals surface area contributed by atoms with E-state index in [9.17, 15) is 19.2 Å². The summed E-state index contributed by atoms with van der Waals surface area (Å²) < 4.78 is 8.25. The van der Waals surface area contributed by atoms with Gasteiger partial charge >= 0.3 is 23.7 Å². The van der Waals surface area contributed by atoms with Crippen LogP contribution in [0.1, 0.15) is 54.4 Å². The molecule has 0 heterocycles. The molecule has 0 spiro atoms. The molecule has 7 nitrogen and oxygen atoms in total. The van der Waals surface area contributed by atoms with Gasteiger partial charge in [0.1, 0.15) is 24.8 Å². The van der Waals surface area contributed by atoms with Gasteiger partial charge in [0.15, 0.2) is 11.6 Å². The number of aliphatic hydroxyl groups excluding tert-OH is 2. The number of carbonyl (C=O) groups excluding carboxylic acids is 4. The molecule has 8 heteroatoms. The third-order valence-electron chi connectivity index (χ3n) is 1.24. The molecule has 0 aliphatic rings. The van der Waals surface area contributed by atoms with Crippen molar-refractivity contribution in [2.75, 3.05) is 13.2 Å². The van der Waals surface area contributed by atoms with Gasteiger partial charge < -0.3 is 23.1 Å². The van der Waals surface area contributed by atoms with E-state index < -0.39 is 24.8 Å². The summed E-state index contributed by atoms with van der Waals surface area (Å²) in [7, 11) is 0. The minimum atomic E-state index is -0.528. The van der Waals surface area contributed by atoms with Crippen LogP contribution in [0.5, 0.6) is 0 Å². The zero-order valence-electron chi connectivity index (χ0n) is 15.4. The Hall–Kier alpha value is -0.886. The number of hydrogen-bond acceptors (Lipinski definition) is 7. The Morgan fingerprint density at radius 3 is 0.917 bits per heavy atom. The molecule has 0 aliphatic carbocycles. The second kappa shape index (κ2) is 33.7. The fraction of sp³-hybridized carbons (Fsp3) is 0.625. The average Bonchev–Trinajstić information content (AvgIpc) is 2.50. The summed E-state index contributed by atoms with van der Waals surface area (Å²) >= 11 is 0.750. The fourth-order valence-corrected chi connectivity index (χ4v) is 0.667. The Kier molecular flexibility index (Phi) is 48.3. The summed E-state index contributed by atoms with van der Waals surface area (Å²) in [5.41, 5.74) is 0. The van der Waals surface area contributed by atoms with E-state index in [-0.39, 0.29) is 24.4 Å². The molecule has 0 radical (unpaired) electrons. The Morgan fingerprint density at radius 2 is 0.875 bits per heavy atom. The van der Waals surface area contributed by atoms with Crippen molar-refractivity contribution < 1.29 is 53.1 Å². The molecule has 0 amide bonds. The topological polar surface area (TPSA) is 126 Å². The third kappa shape index (κ3) is 69.2. The first-order valence-corrected chi connectivity index (χ1v) is 7.72. The fourth-order valence-electron chi connectivity index (χ4n) is 0.667. The van der Waals surface area contributed by atoms with Crippen molar-refractivity contribution in [1.82, 2.24) is 0 Å². The molecule has 0 rings (SSSR count). The van der Waals surface area contributed by atoms with Crippen molar-refractivity contribution in [3.63, 3.8) is 0 Å². The van der Waals surface area contributed by atoms with Crippen LogP contribution in [0.15, 0.2) is 0 Å². The molecule has 0 aromatic heterocycles. The number of aliphatic hydroxyl groups is 2. The van der Waals surface area contributed by atoms with Gasteiger partial charge in [-0.15, -0.1) is 0 Å². The van der Waals surface area contributed by atoms with Gasteiger partial charge in [-0.25, -0.2) is 0 Å². The van der Waals surface area contributed by atoms with Crippen LogP contribution in [0, 0.1) is 12.8 Å². The molecule has 0 aliphatic heterocycles. The van der Waals surface area contributed by atoms with E-state index in [0.29, 0.717) is 0 Å². The number of Topliss-reactive ketones (excluding diaryl/α,β-unsaturated/α-hetero) is 4. The van der Waals surface area contributed by atoms with E-state index >= 15 is 0 Å². The van der Waals surface area contributed by atoms with Crippen molar-refractivity contribution in [3.8, 4) is 0 Å². The summed E-state index contributed by atoms with van der Waals surface area (Å²) in [5, 5.41) is 16.2. The predicted octanol–water partition coefficient (Wildman–Crippen LogP) is 1.39. The summed E-state index contributed by atoms with van der Waals surface area (Å²) in [6.45, 7) is 9.57. The molecule has 140 valence electrons. The first kappa shape index (κ1) is 34.4. The number of ketones is 4. The Morgan fingerprint density at radius 1 is 0.708 bits per heavy atom. The van der Waals surface area contributed by atoms with Crippen LogP contribution in [0.3, 0.4) is 0 Å². The number of carbonyl (C=O) groups is 4. The maximum atomic E-state index is 10.2. The van der Waals surface area contributed by atoms with Crippen LogP contribution >= 0.6 is 0 Å². The van der Waals surface area contributed by atoms with Gasteiger partial charge in [0, 0.05) is 0 Å². The second-order valence-corrected chi connectivity index (χ2v) is 4.31. The summed E-state index contributed by atoms with van der Waals surface area (Å²) in [5.74, 6) is -1.25. The number of rotatable bonds is 6. The van der Waals surface area contributed by atoms with E-state index in [1.165, 1.54) is 13.8 Å². The van der Waals surface area contributed by atoms with Gasteiger partial charge in [-0.1, -0.05) is 0 Å². The molecule has 0 fully saturated rings. The molecule has 0 aromatic rings. The van der Waals surface area contributed by atoms with Crippen LogP contribution in [0.4, 0.5) is 0 Å². The molecular formula is C16H30O7Ti. The van der Waals surface area contributed by atoms with E-state index in [1.54, 1.807) is 0 Å². The average molecular weight is 382 g/mol. The third-order valence-corrected chi connectivity index (χ3v) is 1.24. The Labute approximate surface area is 156 Å². The summed E-state index contributed by atoms with van der Waals surface area (Å²) in [6, 6.07) is 0. The van der Waals surface area contributed by atoms with E-state index in [1.807, 2.05) is 40.5 Å². The van der Waals surface area contributed by atoms with Gasteiger partial charge in [-0.3, -0.25) is 19.2 Å². The van der Waals surface area contributed by atoms with Crippen LogP contribution in [0.2, 0.25) is 0 Å². The molecule has 24 heavy (non-hydrogen) atoms. The SMILES string of the molecule is CC(=O)CC(=O)CO.CC(=O)CC(=O)CO.C[CH-]C.C[CH-]C.[O]=[Ti+2]. The molecule has 0 atom stereocenters. The quantitative estimate of drug-likeness (QED) is 0.404. The van der Waals surface area contributed by atoms with Crippen LogP contribution in [-0.4, -0.2) is 46.6 Å². The zero-order valence-corrected chi connectivity index (χ0v) is 17.0. The van der Waals surface area contributed by atoms with Crippen molar-refractivity contribution in [2.24, 2.45) is 0 Å². The van der Waals surface area contributed by atoms with Crippen molar-refractivity contribution in [1.29, 1.82) is 0 Å².